The molecule has 1 unspecified atom stereocenters. The minimum Gasteiger partial charge on any atom is -0.356 e. The molecule has 0 saturated heterocycles. The Balaban J connectivity index is 3.48. The molecule has 15 heavy (non-hydrogen) atoms. The standard InChI is InChI=1S/C9H17F3N2O/c1-7(6-13)3-2-4-14-8(15)5-9(10,11)12/h7H,2-6,13H2,1H3,(H,14,15). The van der Waals surface area contributed by atoms with Crippen LogP contribution in [-0.4, -0.2) is 25.2 Å². The third-order valence-electron chi connectivity index (χ3n) is 1.96. The predicted octanol–water partition coefficient (Wildman–Crippen LogP) is 1.43. The second-order valence-corrected chi connectivity index (χ2v) is 3.63. The van der Waals surface area contributed by atoms with Crippen LogP contribution in [-0.2, 0) is 4.79 Å². The van der Waals surface area contributed by atoms with Gasteiger partial charge in [-0.25, -0.2) is 0 Å². The highest BCUT2D eigenvalue weighted by Crippen LogP contribution is 2.18. The lowest BCUT2D eigenvalue weighted by Crippen LogP contribution is -2.29. The van der Waals surface area contributed by atoms with E-state index in [1.54, 1.807) is 0 Å². The SMILES string of the molecule is CC(CN)CCCNC(=O)CC(F)(F)F. The van der Waals surface area contributed by atoms with E-state index in [4.69, 9.17) is 5.73 Å². The minimum absolute atomic E-state index is 0.277. The van der Waals surface area contributed by atoms with Gasteiger partial charge in [0, 0.05) is 6.54 Å². The molecule has 90 valence electrons. The number of hydrogen-bond acceptors (Lipinski definition) is 2. The minimum atomic E-state index is -4.42. The quantitative estimate of drug-likeness (QED) is 0.673. The molecule has 1 amide bonds. The van der Waals surface area contributed by atoms with Crippen molar-refractivity contribution in [3.05, 3.63) is 0 Å². The number of alkyl halides is 3. The lowest BCUT2D eigenvalue weighted by Gasteiger charge is -2.09. The second-order valence-electron chi connectivity index (χ2n) is 3.63. The fraction of sp³-hybridized carbons (Fsp3) is 0.889. The Morgan fingerprint density at radius 1 is 1.47 bits per heavy atom. The van der Waals surface area contributed by atoms with Gasteiger partial charge >= 0.3 is 6.18 Å². The van der Waals surface area contributed by atoms with Gasteiger partial charge in [-0.15, -0.1) is 0 Å². The smallest absolute Gasteiger partial charge is 0.356 e. The van der Waals surface area contributed by atoms with Gasteiger partial charge in [0.25, 0.3) is 0 Å². The van der Waals surface area contributed by atoms with Crippen LogP contribution in [0.2, 0.25) is 0 Å². The van der Waals surface area contributed by atoms with Crippen LogP contribution >= 0.6 is 0 Å². The van der Waals surface area contributed by atoms with Crippen LogP contribution in [0.1, 0.15) is 26.2 Å². The average Bonchev–Trinajstić information content (AvgIpc) is 2.09. The van der Waals surface area contributed by atoms with Gasteiger partial charge in [0.05, 0.1) is 0 Å². The van der Waals surface area contributed by atoms with Gasteiger partial charge in [-0.3, -0.25) is 4.79 Å². The number of carbonyl (C=O) groups excluding carboxylic acids is 1. The van der Waals surface area contributed by atoms with E-state index >= 15 is 0 Å². The summed E-state index contributed by atoms with van der Waals surface area (Å²) in [6.45, 7) is 2.79. The van der Waals surface area contributed by atoms with E-state index in [0.717, 1.165) is 6.42 Å². The van der Waals surface area contributed by atoms with Crippen molar-refractivity contribution < 1.29 is 18.0 Å². The molecular weight excluding hydrogens is 209 g/mol. The zero-order valence-electron chi connectivity index (χ0n) is 8.73. The van der Waals surface area contributed by atoms with Gasteiger partial charge in [0.1, 0.15) is 6.42 Å². The van der Waals surface area contributed by atoms with Gasteiger partial charge in [-0.2, -0.15) is 13.2 Å². The first-order chi connectivity index (χ1) is 6.85. The molecule has 0 aromatic carbocycles. The van der Waals surface area contributed by atoms with Crippen LogP contribution < -0.4 is 11.1 Å². The summed E-state index contributed by atoms with van der Waals surface area (Å²) in [6, 6.07) is 0. The molecule has 0 aliphatic carbocycles. The maximum atomic E-state index is 11.7. The Hall–Kier alpha value is -0.780. The summed E-state index contributed by atoms with van der Waals surface area (Å²) in [6.07, 6.45) is -4.36. The van der Waals surface area contributed by atoms with Gasteiger partial charge in [-0.05, 0) is 25.3 Å². The Morgan fingerprint density at radius 2 is 2.07 bits per heavy atom. The van der Waals surface area contributed by atoms with E-state index in [2.05, 4.69) is 5.32 Å². The number of halogens is 3. The Morgan fingerprint density at radius 3 is 2.53 bits per heavy atom. The molecule has 0 radical (unpaired) electrons. The predicted molar refractivity (Wildman–Crippen MR) is 51.1 cm³/mol. The van der Waals surface area contributed by atoms with E-state index < -0.39 is 18.5 Å². The molecule has 0 fully saturated rings. The number of nitrogens with one attached hydrogen (secondary N) is 1. The van der Waals surface area contributed by atoms with Gasteiger partial charge in [0.2, 0.25) is 5.91 Å². The molecule has 0 saturated carbocycles. The van der Waals surface area contributed by atoms with Gasteiger partial charge < -0.3 is 11.1 Å². The van der Waals surface area contributed by atoms with Crippen LogP contribution in [0, 0.1) is 5.92 Å². The highest BCUT2D eigenvalue weighted by atomic mass is 19.4. The molecule has 3 nitrogen and oxygen atoms in total. The zero-order chi connectivity index (χ0) is 11.9. The average molecular weight is 226 g/mol. The monoisotopic (exact) mass is 226 g/mol. The number of nitrogens with two attached hydrogens (primary N) is 1. The van der Waals surface area contributed by atoms with Crippen molar-refractivity contribution in [1.29, 1.82) is 0 Å². The highest BCUT2D eigenvalue weighted by Gasteiger charge is 2.30. The summed E-state index contributed by atoms with van der Waals surface area (Å²) in [5.41, 5.74) is 5.36. The van der Waals surface area contributed by atoms with E-state index in [9.17, 15) is 18.0 Å². The van der Waals surface area contributed by atoms with Crippen LogP contribution in [0.15, 0.2) is 0 Å². The van der Waals surface area contributed by atoms with Crippen molar-refractivity contribution in [2.75, 3.05) is 13.1 Å². The molecule has 0 rings (SSSR count). The van der Waals surface area contributed by atoms with Gasteiger partial charge in [0.15, 0.2) is 0 Å². The van der Waals surface area contributed by atoms with Crippen LogP contribution in [0.4, 0.5) is 13.2 Å². The summed E-state index contributed by atoms with van der Waals surface area (Å²) < 4.78 is 35.2. The summed E-state index contributed by atoms with van der Waals surface area (Å²) in [5.74, 6) is -0.632. The first kappa shape index (κ1) is 14.2. The second kappa shape index (κ2) is 6.66. The molecule has 0 aliphatic heterocycles. The van der Waals surface area contributed by atoms with Crippen LogP contribution in [0.5, 0.6) is 0 Å². The molecule has 3 N–H and O–H groups in total. The van der Waals surface area contributed by atoms with E-state index in [1.807, 2.05) is 6.92 Å². The van der Waals surface area contributed by atoms with Crippen LogP contribution in [0.25, 0.3) is 0 Å². The summed E-state index contributed by atoms with van der Waals surface area (Å²) in [4.78, 5) is 10.7. The van der Waals surface area contributed by atoms with Crippen molar-refractivity contribution in [3.63, 3.8) is 0 Å². The molecule has 0 aromatic heterocycles. The maximum absolute atomic E-state index is 11.7. The largest absolute Gasteiger partial charge is 0.397 e. The number of carbonyl (C=O) groups is 1. The third-order valence-corrected chi connectivity index (χ3v) is 1.96. The molecule has 0 aliphatic rings. The van der Waals surface area contributed by atoms with Crippen LogP contribution in [0.3, 0.4) is 0 Å². The summed E-state index contributed by atoms with van der Waals surface area (Å²) >= 11 is 0. The van der Waals surface area contributed by atoms with Crippen molar-refractivity contribution in [2.24, 2.45) is 11.7 Å². The number of hydrogen-bond donors (Lipinski definition) is 2. The fourth-order valence-corrected chi connectivity index (χ4v) is 1.04. The lowest BCUT2D eigenvalue weighted by atomic mass is 10.1. The van der Waals surface area contributed by atoms with E-state index in [-0.39, 0.29) is 6.54 Å². The summed E-state index contributed by atoms with van der Waals surface area (Å²) in [7, 11) is 0. The number of rotatable bonds is 6. The normalized spacial score (nSPS) is 13.7. The van der Waals surface area contributed by atoms with Crippen molar-refractivity contribution >= 4 is 5.91 Å². The topological polar surface area (TPSA) is 55.1 Å². The lowest BCUT2D eigenvalue weighted by molar-refractivity contribution is -0.153. The molecule has 6 heteroatoms. The van der Waals surface area contributed by atoms with Crippen molar-refractivity contribution in [1.82, 2.24) is 5.32 Å². The molecule has 0 bridgehead atoms. The summed E-state index contributed by atoms with van der Waals surface area (Å²) in [5, 5.41) is 2.22. The number of amides is 1. The molecular formula is C9H17F3N2O. The van der Waals surface area contributed by atoms with E-state index in [1.165, 1.54) is 0 Å². The van der Waals surface area contributed by atoms with Crippen molar-refractivity contribution in [2.45, 2.75) is 32.4 Å². The zero-order valence-corrected chi connectivity index (χ0v) is 8.73. The maximum Gasteiger partial charge on any atom is 0.397 e. The van der Waals surface area contributed by atoms with E-state index in [0.29, 0.717) is 18.9 Å². The molecule has 1 atom stereocenters. The van der Waals surface area contributed by atoms with Crippen molar-refractivity contribution in [3.8, 4) is 0 Å². The first-order valence-electron chi connectivity index (χ1n) is 4.88. The molecule has 0 aromatic rings. The molecule has 0 heterocycles. The highest BCUT2D eigenvalue weighted by molar-refractivity contribution is 5.76. The Kier molecular flexibility index (Phi) is 6.31. The third kappa shape index (κ3) is 9.52. The Bertz CT molecular complexity index is 194. The fourth-order valence-electron chi connectivity index (χ4n) is 1.04. The first-order valence-corrected chi connectivity index (χ1v) is 4.88. The van der Waals surface area contributed by atoms with Gasteiger partial charge in [-0.1, -0.05) is 6.92 Å². The Labute approximate surface area is 87.2 Å². The molecule has 0 spiro atoms.